The van der Waals surface area contributed by atoms with E-state index >= 15 is 0 Å². The third-order valence-electron chi connectivity index (χ3n) is 16.5. The predicted octanol–water partition coefficient (Wildman–Crippen LogP) is 21.0. The van der Waals surface area contributed by atoms with Gasteiger partial charge in [-0.25, -0.2) is 9.13 Å². The third-order valence-corrected chi connectivity index (χ3v) is 18.4. The van der Waals surface area contributed by atoms with Gasteiger partial charge in [0, 0.05) is 25.7 Å². The molecule has 0 aromatic rings. The molecule has 0 rings (SSSR count). The molecule has 93 heavy (non-hydrogen) atoms. The molecule has 3 unspecified atom stereocenters. The van der Waals surface area contributed by atoms with Crippen LogP contribution in [-0.4, -0.2) is 96.7 Å². The molecule has 5 atom stereocenters. The predicted molar refractivity (Wildman–Crippen MR) is 377 cm³/mol. The summed E-state index contributed by atoms with van der Waals surface area (Å²) in [5.41, 5.74) is 0. The van der Waals surface area contributed by atoms with Crippen LogP contribution < -0.4 is 0 Å². The van der Waals surface area contributed by atoms with Crippen LogP contribution >= 0.6 is 15.6 Å². The maximum Gasteiger partial charge on any atom is 0.472 e. The smallest absolute Gasteiger partial charge is 0.462 e. The molecule has 0 aromatic heterocycles. The minimum Gasteiger partial charge on any atom is -0.462 e. The Morgan fingerprint density at radius 2 is 0.581 bits per heavy atom. The molecule has 0 heterocycles. The van der Waals surface area contributed by atoms with E-state index in [0.717, 1.165) is 127 Å². The Hall–Kier alpha value is -2.46. The van der Waals surface area contributed by atoms with E-state index in [9.17, 15) is 43.2 Å². The molecular formula is C74H140O17P2. The summed E-state index contributed by atoms with van der Waals surface area (Å²) in [5.74, 6) is 0.0699. The topological polar surface area (TPSA) is 237 Å². The van der Waals surface area contributed by atoms with E-state index in [-0.39, 0.29) is 25.7 Å². The summed E-state index contributed by atoms with van der Waals surface area (Å²) < 4.78 is 68.4. The maximum atomic E-state index is 13.1. The number of phosphoric ester groups is 2. The van der Waals surface area contributed by atoms with Gasteiger partial charge in [0.05, 0.1) is 26.4 Å². The van der Waals surface area contributed by atoms with Crippen LogP contribution in [0.1, 0.15) is 350 Å². The summed E-state index contributed by atoms with van der Waals surface area (Å²) in [7, 11) is -9.92. The first-order valence-corrected chi connectivity index (χ1v) is 40.7. The van der Waals surface area contributed by atoms with Gasteiger partial charge in [-0.05, 0) is 69.1 Å². The lowest BCUT2D eigenvalue weighted by molar-refractivity contribution is -0.161. The van der Waals surface area contributed by atoms with Crippen LogP contribution in [0.15, 0.2) is 24.3 Å². The Labute approximate surface area is 567 Å². The van der Waals surface area contributed by atoms with Gasteiger partial charge in [-0.3, -0.25) is 37.3 Å². The number of aliphatic hydroxyl groups is 1. The van der Waals surface area contributed by atoms with Crippen LogP contribution in [0.4, 0.5) is 0 Å². The van der Waals surface area contributed by atoms with Crippen LogP contribution in [0.2, 0.25) is 0 Å². The van der Waals surface area contributed by atoms with Gasteiger partial charge in [-0.15, -0.1) is 0 Å². The molecule has 0 saturated carbocycles. The number of aliphatic hydroxyl groups excluding tert-OH is 1. The largest absolute Gasteiger partial charge is 0.472 e. The van der Waals surface area contributed by atoms with Gasteiger partial charge in [0.25, 0.3) is 0 Å². The Balaban J connectivity index is 5.29. The minimum absolute atomic E-state index is 0.0998. The third kappa shape index (κ3) is 67.9. The van der Waals surface area contributed by atoms with E-state index in [4.69, 9.17) is 37.0 Å². The number of unbranched alkanes of at least 4 members (excludes halogenated alkanes) is 35. The molecule has 0 aliphatic heterocycles. The standard InChI is InChI=1S/C74H140O17P2/c1-8-9-10-11-12-13-14-15-16-19-22-27-34-41-48-55-71(76)84-61-69(90-73(78)57-50-43-35-28-23-20-17-18-21-25-31-38-45-52-65(2)3)63-88-92(80,81)86-59-68(75)60-87-93(82,83)89-64-70(62-85-72(77)56-49-42-37-30-33-40-47-54-67(6)7)91-74(79)58-51-44-36-29-24-26-32-39-46-53-66(4)5/h13-16,65-70,75H,8-12,17-64H2,1-7H3,(H,80,81)(H,82,83)/b14-13-,16-15-/t68?,69-,70-/m1/s1. The average molecular weight is 1360 g/mol. The van der Waals surface area contributed by atoms with Gasteiger partial charge >= 0.3 is 39.5 Å². The van der Waals surface area contributed by atoms with Crippen molar-refractivity contribution in [2.45, 2.75) is 369 Å². The highest BCUT2D eigenvalue weighted by Crippen LogP contribution is 2.45. The highest BCUT2D eigenvalue weighted by atomic mass is 31.2. The molecule has 0 aliphatic carbocycles. The van der Waals surface area contributed by atoms with Crippen molar-refractivity contribution in [2.24, 2.45) is 17.8 Å². The fraction of sp³-hybridized carbons (Fsp3) is 0.892. The number of hydrogen-bond acceptors (Lipinski definition) is 15. The second-order valence-corrected chi connectivity index (χ2v) is 30.3. The summed E-state index contributed by atoms with van der Waals surface area (Å²) in [5, 5.41) is 10.6. The molecule has 3 N–H and O–H groups in total. The number of ether oxygens (including phenoxy) is 4. The van der Waals surface area contributed by atoms with Gasteiger partial charge in [0.15, 0.2) is 12.2 Å². The number of carbonyl (C=O) groups excluding carboxylic acids is 4. The number of rotatable bonds is 70. The van der Waals surface area contributed by atoms with Gasteiger partial charge in [-0.2, -0.15) is 0 Å². The molecule has 0 saturated heterocycles. The molecule has 548 valence electrons. The van der Waals surface area contributed by atoms with E-state index < -0.39 is 97.5 Å². The van der Waals surface area contributed by atoms with E-state index in [2.05, 4.69) is 72.8 Å². The van der Waals surface area contributed by atoms with E-state index in [1.54, 1.807) is 0 Å². The number of allylic oxidation sites excluding steroid dienone is 4. The molecular weight excluding hydrogens is 1220 g/mol. The molecule has 19 heteroatoms. The Kier molecular flexibility index (Phi) is 62.5. The maximum absolute atomic E-state index is 13.1. The van der Waals surface area contributed by atoms with Crippen molar-refractivity contribution < 1.29 is 80.2 Å². The van der Waals surface area contributed by atoms with Crippen molar-refractivity contribution in [3.63, 3.8) is 0 Å². The van der Waals surface area contributed by atoms with Crippen molar-refractivity contribution >= 4 is 39.5 Å². The fourth-order valence-corrected chi connectivity index (χ4v) is 12.3. The molecule has 0 aromatic carbocycles. The zero-order valence-electron chi connectivity index (χ0n) is 60.2. The van der Waals surface area contributed by atoms with Crippen molar-refractivity contribution in [2.75, 3.05) is 39.6 Å². The molecule has 0 radical (unpaired) electrons. The second kappa shape index (κ2) is 64.2. The Bertz CT molecular complexity index is 1910. The molecule has 17 nitrogen and oxygen atoms in total. The van der Waals surface area contributed by atoms with E-state index in [1.165, 1.54) is 135 Å². The fourth-order valence-electron chi connectivity index (χ4n) is 10.7. The molecule has 0 fully saturated rings. The van der Waals surface area contributed by atoms with E-state index in [1.807, 2.05) is 0 Å². The van der Waals surface area contributed by atoms with Crippen LogP contribution in [-0.2, 0) is 65.4 Å². The SMILES string of the molecule is CCCCCC/C=C\C=C/CCCCCCCC(=O)OC[C@H](COP(=O)(O)OCC(O)COP(=O)(O)OC[C@@H](COC(=O)CCCCCCCCCC(C)C)OC(=O)CCCCCCCCCCCC(C)C)OC(=O)CCCCCCCCCCCCCCCC(C)C. The number of hydrogen-bond donors (Lipinski definition) is 3. The first kappa shape index (κ1) is 90.5. The van der Waals surface area contributed by atoms with E-state index in [0.29, 0.717) is 31.6 Å². The lowest BCUT2D eigenvalue weighted by Crippen LogP contribution is -2.30. The zero-order chi connectivity index (χ0) is 68.7. The van der Waals surface area contributed by atoms with Crippen LogP contribution in [0.5, 0.6) is 0 Å². The number of phosphoric acid groups is 2. The monoisotopic (exact) mass is 1360 g/mol. The van der Waals surface area contributed by atoms with Gasteiger partial charge < -0.3 is 33.8 Å². The molecule has 0 spiro atoms. The Morgan fingerprint density at radius 1 is 0.333 bits per heavy atom. The number of esters is 4. The molecule has 0 bridgehead atoms. The van der Waals surface area contributed by atoms with Gasteiger partial charge in [0.1, 0.15) is 19.3 Å². The summed E-state index contributed by atoms with van der Waals surface area (Å²) in [6.07, 6.45) is 52.2. The van der Waals surface area contributed by atoms with Gasteiger partial charge in [-0.1, -0.05) is 297 Å². The summed E-state index contributed by atoms with van der Waals surface area (Å²) in [4.78, 5) is 72.7. The lowest BCUT2D eigenvalue weighted by atomic mass is 10.0. The quantitative estimate of drug-likeness (QED) is 0.0169. The van der Waals surface area contributed by atoms with Crippen molar-refractivity contribution in [1.29, 1.82) is 0 Å². The normalized spacial score (nSPS) is 14.3. The van der Waals surface area contributed by atoms with Crippen molar-refractivity contribution in [3.8, 4) is 0 Å². The number of carbonyl (C=O) groups is 4. The first-order chi connectivity index (χ1) is 44.7. The Morgan fingerprint density at radius 3 is 0.871 bits per heavy atom. The molecule has 0 aliphatic rings. The summed E-state index contributed by atoms with van der Waals surface area (Å²) >= 11 is 0. The highest BCUT2D eigenvalue weighted by molar-refractivity contribution is 7.47. The summed E-state index contributed by atoms with van der Waals surface area (Å²) in [6, 6.07) is 0. The second-order valence-electron chi connectivity index (χ2n) is 27.4. The first-order valence-electron chi connectivity index (χ1n) is 37.7. The van der Waals surface area contributed by atoms with Crippen LogP contribution in [0, 0.1) is 17.8 Å². The average Bonchev–Trinajstić information content (AvgIpc) is 1.52. The lowest BCUT2D eigenvalue weighted by Gasteiger charge is -2.21. The molecule has 0 amide bonds. The van der Waals surface area contributed by atoms with Crippen molar-refractivity contribution in [3.05, 3.63) is 24.3 Å². The zero-order valence-corrected chi connectivity index (χ0v) is 62.0. The van der Waals surface area contributed by atoms with Crippen LogP contribution in [0.25, 0.3) is 0 Å². The van der Waals surface area contributed by atoms with Crippen LogP contribution in [0.3, 0.4) is 0 Å². The summed E-state index contributed by atoms with van der Waals surface area (Å²) in [6.45, 7) is 11.7. The van der Waals surface area contributed by atoms with Crippen molar-refractivity contribution in [1.82, 2.24) is 0 Å². The highest BCUT2D eigenvalue weighted by Gasteiger charge is 2.30. The van der Waals surface area contributed by atoms with Gasteiger partial charge in [0.2, 0.25) is 0 Å². The minimum atomic E-state index is -4.96.